The number of unbranched alkanes of at least 4 members (excludes halogenated alkanes) is 31. The molecule has 0 bridgehead atoms. The fourth-order valence-corrected chi connectivity index (χ4v) is 12.9. The van der Waals surface area contributed by atoms with Crippen LogP contribution < -0.4 is 0 Å². The molecule has 0 aliphatic rings. The van der Waals surface area contributed by atoms with E-state index in [1.165, 1.54) is 205 Å². The van der Waals surface area contributed by atoms with Crippen LogP contribution in [0.3, 0.4) is 0 Å². The van der Waals surface area contributed by atoms with Gasteiger partial charge in [-0.15, -0.1) is 0 Å². The van der Waals surface area contributed by atoms with Crippen LogP contribution in [0.5, 0.6) is 0 Å². The molecule has 0 spiro atoms. The van der Waals surface area contributed by atoms with E-state index >= 15 is 0 Å². The minimum Gasteiger partial charge on any atom is -0.0776 e. The van der Waals surface area contributed by atoms with E-state index in [4.69, 9.17) is 4.94 Å². The minimum absolute atomic E-state index is 0. The van der Waals surface area contributed by atoms with Gasteiger partial charge < -0.3 is 0 Å². The fraction of sp³-hybridized carbons (Fsp3) is 1.00. The monoisotopic (exact) mass is 719 g/mol. The van der Waals surface area contributed by atoms with Crippen LogP contribution in [0.4, 0.5) is 0 Å². The van der Waals surface area contributed by atoms with Crippen molar-refractivity contribution in [3.63, 3.8) is 0 Å². The highest BCUT2D eigenvalue weighted by molar-refractivity contribution is 6.78. The highest BCUT2D eigenvalue weighted by Gasteiger charge is 2.25. The molecular weight excluding hydrogens is 613 g/mol. The number of rotatable bonds is 41. The summed E-state index contributed by atoms with van der Waals surface area (Å²) in [6.45, 7) is 8.81. The summed E-state index contributed by atoms with van der Waals surface area (Å²) >= 11 is 0. The lowest BCUT2D eigenvalue weighted by Gasteiger charge is -2.28. The van der Waals surface area contributed by atoms with Crippen molar-refractivity contribution >= 4 is 26.8 Å². The van der Waals surface area contributed by atoms with Crippen molar-refractivity contribution < 1.29 is 0 Å². The van der Waals surface area contributed by atoms with Crippen molar-refractivity contribution in [2.24, 2.45) is 0 Å². The summed E-state index contributed by atoms with van der Waals surface area (Å²) in [5.41, 5.74) is 0. The second-order valence-corrected chi connectivity index (χ2v) is 23.5. The van der Waals surface area contributed by atoms with Crippen LogP contribution in [0.1, 0.15) is 233 Å². The van der Waals surface area contributed by atoms with E-state index < -0.39 is 26.8 Å². The van der Waals surface area contributed by atoms with Gasteiger partial charge in [0.1, 0.15) is 0 Å². The molecular formula is C44H98Si3. The molecule has 0 aromatic carbocycles. The Morgan fingerprint density at radius 3 is 0.745 bits per heavy atom. The lowest BCUT2D eigenvalue weighted by Crippen LogP contribution is -2.29. The number of hydrogen-bond acceptors (Lipinski definition) is 0. The standard InChI is InChI=1S/C43H94Si3.CH4/c1-5-6-7-8-9-10-11-16-21-26-31-36-41-46(4,42-37-32-27-22-17-12-14-19-24-29-34-39-44-2)43-38-33-28-23-18-13-15-20-25-30-35-40-45-3;/h5-45H2,1-4H3;1H4/i44T2,45T2;. The zero-order valence-corrected chi connectivity index (χ0v) is 36.1. The van der Waals surface area contributed by atoms with Gasteiger partial charge in [0.15, 0.2) is 0 Å². The molecule has 0 nitrogen and oxygen atoms in total. The highest BCUT2D eigenvalue weighted by Crippen LogP contribution is 2.30. The third kappa shape index (κ3) is 41.0. The maximum atomic E-state index is 7.79. The van der Waals surface area contributed by atoms with Gasteiger partial charge >= 0.3 is 0 Å². The SMILES string of the molecule is C.[3H][Si]([3H])(C)CCCCCCCCCCCCC[Si](C)(CCCCCCCCCCCCCC)CCCCCCCCCCCCC[Si]([3H])([3H])C. The van der Waals surface area contributed by atoms with Crippen LogP contribution in [-0.2, 0) is 0 Å². The normalized spacial score (nSPS) is 13.6. The Balaban J connectivity index is 0. The van der Waals surface area contributed by atoms with E-state index in [0.717, 1.165) is 24.9 Å². The summed E-state index contributed by atoms with van der Waals surface area (Å²) in [6, 6.07) is 6.50. The Bertz CT molecular complexity index is 640. The molecule has 0 heterocycles. The van der Waals surface area contributed by atoms with Crippen molar-refractivity contribution in [2.75, 3.05) is 0 Å². The average molecular weight is 720 g/mol. The zero-order valence-electron chi connectivity index (χ0n) is 37.1. The van der Waals surface area contributed by atoms with Gasteiger partial charge in [-0.05, 0) is 0 Å². The molecule has 0 fully saturated rings. The highest BCUT2D eigenvalue weighted by atomic mass is 28.3. The molecule has 0 amide bonds. The summed E-state index contributed by atoms with van der Waals surface area (Å²) in [6.07, 6.45) is 47.8. The first-order chi connectivity index (χ1) is 24.0. The van der Waals surface area contributed by atoms with E-state index in [2.05, 4.69) is 13.5 Å². The molecule has 286 valence electrons. The second-order valence-electron chi connectivity index (χ2n) is 15.9. The van der Waals surface area contributed by atoms with Crippen LogP contribution in [0.2, 0.25) is 49.9 Å². The summed E-state index contributed by atoms with van der Waals surface area (Å²) in [7, 11) is -5.73. The van der Waals surface area contributed by atoms with Gasteiger partial charge in [0.2, 0.25) is 0 Å². The zero-order chi connectivity index (χ0) is 37.1. The predicted molar refractivity (Wildman–Crippen MR) is 234 cm³/mol. The minimum atomic E-state index is -2.31. The molecule has 47 heavy (non-hydrogen) atoms. The van der Waals surface area contributed by atoms with E-state index in [0.29, 0.717) is 0 Å². The molecule has 0 aromatic rings. The van der Waals surface area contributed by atoms with E-state index in [1.807, 2.05) is 13.1 Å². The third-order valence-electron chi connectivity index (χ3n) is 11.0. The molecule has 0 aliphatic carbocycles. The van der Waals surface area contributed by atoms with Gasteiger partial charge in [0, 0.05) is 23.7 Å². The summed E-state index contributed by atoms with van der Waals surface area (Å²) in [5.74, 6) is 0. The Morgan fingerprint density at radius 1 is 0.340 bits per heavy atom. The van der Waals surface area contributed by atoms with Crippen molar-refractivity contribution in [1.29, 1.82) is 4.94 Å². The smallest absolute Gasteiger partial charge is 0.0504 e. The first-order valence-corrected chi connectivity index (χ1v) is 28.5. The van der Waals surface area contributed by atoms with E-state index in [-0.39, 0.29) is 7.43 Å². The largest absolute Gasteiger partial charge is 0.0776 e. The van der Waals surface area contributed by atoms with Crippen molar-refractivity contribution in [2.45, 2.75) is 283 Å². The van der Waals surface area contributed by atoms with Crippen LogP contribution in [0.15, 0.2) is 0 Å². The van der Waals surface area contributed by atoms with Gasteiger partial charge in [0.05, 0.1) is 8.07 Å². The number of hydrogen-bond donors (Lipinski definition) is 0. The maximum absolute atomic E-state index is 7.79. The van der Waals surface area contributed by atoms with Gasteiger partial charge in [-0.25, -0.2) is 0 Å². The molecule has 0 atom stereocenters. The Morgan fingerprint density at radius 2 is 0.532 bits per heavy atom. The van der Waals surface area contributed by atoms with Gasteiger partial charge in [0.25, 0.3) is 0 Å². The molecule has 0 N–H and O–H groups in total. The van der Waals surface area contributed by atoms with Gasteiger partial charge in [-0.2, -0.15) is 0 Å². The Kier molecular flexibility index (Phi) is 38.3. The van der Waals surface area contributed by atoms with Gasteiger partial charge in [-0.3, -0.25) is 0 Å². The predicted octanol–water partition coefficient (Wildman–Crippen LogP) is 16.3. The van der Waals surface area contributed by atoms with Crippen LogP contribution in [0.25, 0.3) is 0 Å². The Hall–Kier alpha value is 0.651. The summed E-state index contributed by atoms with van der Waals surface area (Å²) in [5, 5.41) is 0. The summed E-state index contributed by atoms with van der Waals surface area (Å²) < 4.78 is 31.2. The topological polar surface area (TPSA) is 0 Å². The van der Waals surface area contributed by atoms with Crippen molar-refractivity contribution in [3.05, 3.63) is 0 Å². The lowest BCUT2D eigenvalue weighted by molar-refractivity contribution is 0.546. The molecule has 0 saturated carbocycles. The maximum Gasteiger partial charge on any atom is 0.0504 e. The molecule has 0 aromatic heterocycles. The Labute approximate surface area is 313 Å². The van der Waals surface area contributed by atoms with E-state index in [9.17, 15) is 0 Å². The average Bonchev–Trinajstić information content (AvgIpc) is 3.05. The first-order valence-electron chi connectivity index (χ1n) is 24.0. The van der Waals surface area contributed by atoms with Crippen LogP contribution in [0, 0.1) is 0 Å². The molecule has 0 saturated heterocycles. The molecule has 0 rings (SSSR count). The van der Waals surface area contributed by atoms with Crippen molar-refractivity contribution in [3.8, 4) is 0 Å². The van der Waals surface area contributed by atoms with E-state index in [1.54, 1.807) is 18.1 Å². The lowest BCUT2D eigenvalue weighted by atomic mass is 10.1. The van der Waals surface area contributed by atoms with Gasteiger partial charge in [-0.1, -0.05) is 283 Å². The third-order valence-corrected chi connectivity index (χ3v) is 17.4. The molecule has 3 heteroatoms. The second kappa shape index (κ2) is 42.8. The molecule has 0 unspecified atom stereocenters. The molecule has 0 aliphatic heterocycles. The quantitative estimate of drug-likeness (QED) is 0.0436. The van der Waals surface area contributed by atoms with Crippen LogP contribution in [-0.4, -0.2) is 31.8 Å². The van der Waals surface area contributed by atoms with Crippen molar-refractivity contribution in [1.82, 2.24) is 0 Å². The first kappa shape index (κ1) is 42.1. The fourth-order valence-electron chi connectivity index (χ4n) is 7.66. The van der Waals surface area contributed by atoms with Crippen LogP contribution >= 0.6 is 0 Å². The summed E-state index contributed by atoms with van der Waals surface area (Å²) in [4.78, 5) is 0. The molecule has 0 radical (unpaired) electrons.